The van der Waals surface area contributed by atoms with Gasteiger partial charge >= 0.3 is 0 Å². The van der Waals surface area contributed by atoms with E-state index in [1.54, 1.807) is 0 Å². The first-order valence-electron chi connectivity index (χ1n) is 8.94. The molecular formula is C20H24N2O3S. The number of carbonyl (C=O) groups is 1. The van der Waals surface area contributed by atoms with Crippen LogP contribution in [0.1, 0.15) is 26.7 Å². The number of fused-ring (bicyclic) bond motifs is 1. The minimum absolute atomic E-state index is 0.0446. The summed E-state index contributed by atoms with van der Waals surface area (Å²) in [7, 11) is 4.17. The van der Waals surface area contributed by atoms with Crippen LogP contribution in [-0.4, -0.2) is 62.1 Å². The molecule has 3 heterocycles. The Morgan fingerprint density at radius 1 is 1.15 bits per heavy atom. The number of likely N-dealkylation sites (tertiary alicyclic amines) is 1. The topological polar surface area (TPSA) is 42.0 Å². The van der Waals surface area contributed by atoms with E-state index in [0.717, 1.165) is 13.1 Å². The van der Waals surface area contributed by atoms with E-state index >= 15 is 0 Å². The number of amides is 1. The standard InChI is InChI=1S/C20H24N2O3S/c1-13-4-6-14(7-5-13)15-10-22(11-16(15)21(2)3)20(23)19-18-17(12-26-19)24-8-9-25-18/h4-7,12,15-16H,8-11H2,1-3H3. The second-order valence-electron chi connectivity index (χ2n) is 7.21. The minimum Gasteiger partial charge on any atom is -0.485 e. The molecule has 2 aliphatic heterocycles. The maximum Gasteiger partial charge on any atom is 0.267 e. The fraction of sp³-hybridized carbons (Fsp3) is 0.450. The number of likely N-dealkylation sites (N-methyl/N-ethyl adjacent to an activating group) is 1. The maximum absolute atomic E-state index is 13.2. The van der Waals surface area contributed by atoms with Crippen LogP contribution in [0.3, 0.4) is 0 Å². The Morgan fingerprint density at radius 3 is 2.62 bits per heavy atom. The van der Waals surface area contributed by atoms with Gasteiger partial charge in [-0.2, -0.15) is 0 Å². The number of benzene rings is 1. The number of rotatable bonds is 3. The third-order valence-electron chi connectivity index (χ3n) is 5.24. The predicted octanol–water partition coefficient (Wildman–Crippen LogP) is 3.00. The van der Waals surface area contributed by atoms with Gasteiger partial charge in [-0.15, -0.1) is 11.3 Å². The number of nitrogens with zero attached hydrogens (tertiary/aromatic N) is 2. The summed E-state index contributed by atoms with van der Waals surface area (Å²) >= 11 is 1.41. The van der Waals surface area contributed by atoms with E-state index in [0.29, 0.717) is 41.5 Å². The SMILES string of the molecule is Cc1ccc(C2CN(C(=O)c3scc4c3OCCO4)CC2N(C)C)cc1. The number of hydrogen-bond acceptors (Lipinski definition) is 5. The Balaban J connectivity index is 1.59. The van der Waals surface area contributed by atoms with Crippen LogP contribution < -0.4 is 9.47 Å². The summed E-state index contributed by atoms with van der Waals surface area (Å²) < 4.78 is 11.3. The van der Waals surface area contributed by atoms with Crippen molar-refractivity contribution >= 4 is 17.2 Å². The Labute approximate surface area is 158 Å². The van der Waals surface area contributed by atoms with Crippen molar-refractivity contribution in [1.29, 1.82) is 0 Å². The first-order valence-corrected chi connectivity index (χ1v) is 9.82. The second kappa shape index (κ2) is 6.93. The van der Waals surface area contributed by atoms with Crippen LogP contribution in [0.5, 0.6) is 11.5 Å². The average Bonchev–Trinajstić information content (AvgIpc) is 3.26. The molecule has 5 nitrogen and oxygen atoms in total. The molecule has 0 spiro atoms. The Hall–Kier alpha value is -2.05. The summed E-state index contributed by atoms with van der Waals surface area (Å²) in [5.74, 6) is 1.67. The van der Waals surface area contributed by atoms with E-state index in [4.69, 9.17) is 9.47 Å². The van der Waals surface area contributed by atoms with Gasteiger partial charge in [-0.3, -0.25) is 4.79 Å². The van der Waals surface area contributed by atoms with Gasteiger partial charge in [0.1, 0.15) is 18.1 Å². The number of ether oxygens (including phenoxy) is 2. The fourth-order valence-corrected chi connectivity index (χ4v) is 4.67. The van der Waals surface area contributed by atoms with Crippen molar-refractivity contribution in [2.75, 3.05) is 40.4 Å². The third kappa shape index (κ3) is 3.08. The van der Waals surface area contributed by atoms with Gasteiger partial charge in [0, 0.05) is 30.4 Å². The van der Waals surface area contributed by atoms with Gasteiger partial charge in [0.05, 0.1) is 0 Å². The Morgan fingerprint density at radius 2 is 1.88 bits per heavy atom. The molecule has 26 heavy (non-hydrogen) atoms. The molecule has 138 valence electrons. The normalized spacial score (nSPS) is 22.1. The number of thiophene rings is 1. The van der Waals surface area contributed by atoms with Gasteiger partial charge in [-0.1, -0.05) is 29.8 Å². The quantitative estimate of drug-likeness (QED) is 0.831. The van der Waals surface area contributed by atoms with Crippen molar-refractivity contribution in [3.8, 4) is 11.5 Å². The monoisotopic (exact) mass is 372 g/mol. The third-order valence-corrected chi connectivity index (χ3v) is 6.17. The first-order chi connectivity index (χ1) is 12.5. The molecule has 2 aromatic rings. The molecular weight excluding hydrogens is 348 g/mol. The summed E-state index contributed by atoms with van der Waals surface area (Å²) in [6.45, 7) is 4.57. The van der Waals surface area contributed by atoms with E-state index in [2.05, 4.69) is 50.2 Å². The van der Waals surface area contributed by atoms with Crippen LogP contribution in [0, 0.1) is 6.92 Å². The highest BCUT2D eigenvalue weighted by atomic mass is 32.1. The molecule has 1 aromatic carbocycles. The Kier molecular flexibility index (Phi) is 4.63. The lowest BCUT2D eigenvalue weighted by Gasteiger charge is -2.25. The van der Waals surface area contributed by atoms with Crippen molar-refractivity contribution in [3.63, 3.8) is 0 Å². The van der Waals surface area contributed by atoms with E-state index < -0.39 is 0 Å². The zero-order valence-corrected chi connectivity index (χ0v) is 16.2. The van der Waals surface area contributed by atoms with Gasteiger partial charge in [-0.25, -0.2) is 0 Å². The molecule has 0 N–H and O–H groups in total. The minimum atomic E-state index is 0.0446. The highest BCUT2D eigenvalue weighted by Gasteiger charge is 2.39. The largest absolute Gasteiger partial charge is 0.485 e. The molecule has 6 heteroatoms. The second-order valence-corrected chi connectivity index (χ2v) is 8.09. The predicted molar refractivity (Wildman–Crippen MR) is 103 cm³/mol. The van der Waals surface area contributed by atoms with Crippen LogP contribution in [0.2, 0.25) is 0 Å². The molecule has 1 fully saturated rings. The molecule has 0 bridgehead atoms. The molecule has 1 amide bonds. The smallest absolute Gasteiger partial charge is 0.267 e. The lowest BCUT2D eigenvalue weighted by molar-refractivity contribution is 0.0778. The molecule has 2 aliphatic rings. The van der Waals surface area contributed by atoms with Gasteiger partial charge in [0.2, 0.25) is 0 Å². The first kappa shape index (κ1) is 17.4. The number of hydrogen-bond donors (Lipinski definition) is 0. The lowest BCUT2D eigenvalue weighted by atomic mass is 9.93. The summed E-state index contributed by atoms with van der Waals surface area (Å²) in [5.41, 5.74) is 2.54. The fourth-order valence-electron chi connectivity index (χ4n) is 3.77. The van der Waals surface area contributed by atoms with Crippen molar-refractivity contribution in [2.24, 2.45) is 0 Å². The van der Waals surface area contributed by atoms with Crippen molar-refractivity contribution in [1.82, 2.24) is 9.80 Å². The average molecular weight is 372 g/mol. The summed E-state index contributed by atoms with van der Waals surface area (Å²) in [6.07, 6.45) is 0. The van der Waals surface area contributed by atoms with E-state index in [1.807, 2.05) is 10.3 Å². The molecule has 2 atom stereocenters. The van der Waals surface area contributed by atoms with Gasteiger partial charge < -0.3 is 19.3 Å². The van der Waals surface area contributed by atoms with Crippen molar-refractivity contribution < 1.29 is 14.3 Å². The molecule has 2 unspecified atom stereocenters. The van der Waals surface area contributed by atoms with Crippen LogP contribution in [0.15, 0.2) is 29.6 Å². The van der Waals surface area contributed by atoms with Crippen molar-refractivity contribution in [2.45, 2.75) is 18.9 Å². The molecule has 4 rings (SSSR count). The van der Waals surface area contributed by atoms with Gasteiger partial charge in [0.15, 0.2) is 11.5 Å². The maximum atomic E-state index is 13.2. The number of carbonyl (C=O) groups excluding carboxylic acids is 1. The molecule has 1 aromatic heterocycles. The lowest BCUT2D eigenvalue weighted by Crippen LogP contribution is -2.35. The molecule has 1 saturated heterocycles. The van der Waals surface area contributed by atoms with E-state index in [9.17, 15) is 4.79 Å². The van der Waals surface area contributed by atoms with Crippen molar-refractivity contribution in [3.05, 3.63) is 45.6 Å². The summed E-state index contributed by atoms with van der Waals surface area (Å²) in [6, 6.07) is 8.97. The summed E-state index contributed by atoms with van der Waals surface area (Å²) in [5, 5.41) is 1.87. The zero-order chi connectivity index (χ0) is 18.3. The molecule has 0 radical (unpaired) electrons. The van der Waals surface area contributed by atoms with Crippen LogP contribution >= 0.6 is 11.3 Å². The van der Waals surface area contributed by atoms with Crippen LogP contribution in [0.25, 0.3) is 0 Å². The van der Waals surface area contributed by atoms with E-state index in [-0.39, 0.29) is 5.91 Å². The van der Waals surface area contributed by atoms with Crippen LogP contribution in [0.4, 0.5) is 0 Å². The molecule has 0 saturated carbocycles. The zero-order valence-electron chi connectivity index (χ0n) is 15.4. The van der Waals surface area contributed by atoms with Crippen LogP contribution in [-0.2, 0) is 0 Å². The highest BCUT2D eigenvalue weighted by Crippen LogP contribution is 2.41. The van der Waals surface area contributed by atoms with Gasteiger partial charge in [-0.05, 0) is 26.6 Å². The highest BCUT2D eigenvalue weighted by molar-refractivity contribution is 7.12. The van der Waals surface area contributed by atoms with Gasteiger partial charge in [0.25, 0.3) is 5.91 Å². The summed E-state index contributed by atoms with van der Waals surface area (Å²) in [4.78, 5) is 18.0. The molecule has 0 aliphatic carbocycles. The van der Waals surface area contributed by atoms with E-state index in [1.165, 1.54) is 22.5 Å². The number of aryl methyl sites for hydroxylation is 1. The Bertz CT molecular complexity index is 800.